The Labute approximate surface area is 189 Å². The van der Waals surface area contributed by atoms with E-state index in [1.165, 1.54) is 47.5 Å². The summed E-state index contributed by atoms with van der Waals surface area (Å²) in [6.07, 6.45) is 0. The van der Waals surface area contributed by atoms with Crippen LogP contribution >= 0.6 is 23.4 Å². The van der Waals surface area contributed by atoms with E-state index in [0.717, 1.165) is 4.42 Å². The highest BCUT2D eigenvalue weighted by atomic mass is 35.5. The number of para-hydroxylation sites is 1. The lowest BCUT2D eigenvalue weighted by Gasteiger charge is -2.20. The molecule has 0 heterocycles. The van der Waals surface area contributed by atoms with Crippen LogP contribution in [0.1, 0.15) is 6.92 Å². The predicted octanol–water partition coefficient (Wildman–Crippen LogP) is 4.60. The van der Waals surface area contributed by atoms with E-state index in [1.54, 1.807) is 18.2 Å². The van der Waals surface area contributed by atoms with E-state index in [9.17, 15) is 9.59 Å². The van der Waals surface area contributed by atoms with Crippen molar-refractivity contribution in [3.05, 3.63) is 35.4 Å². The summed E-state index contributed by atoms with van der Waals surface area (Å²) in [5.74, 6) is -0.276. The van der Waals surface area contributed by atoms with Crippen LogP contribution in [0.5, 0.6) is 23.0 Å². The van der Waals surface area contributed by atoms with E-state index in [1.807, 2.05) is 0 Å². The van der Waals surface area contributed by atoms with Gasteiger partial charge in [-0.3, -0.25) is 9.59 Å². The molecule has 9 nitrogen and oxygen atoms in total. The number of nitrogens with zero attached hydrogens (tertiary/aromatic N) is 3. The van der Waals surface area contributed by atoms with Crippen molar-refractivity contribution in [3.63, 3.8) is 0 Å². The molecule has 0 N–H and O–H groups in total. The van der Waals surface area contributed by atoms with Gasteiger partial charge in [0, 0.05) is 11.8 Å². The zero-order chi connectivity index (χ0) is 23.1. The van der Waals surface area contributed by atoms with Gasteiger partial charge in [-0.1, -0.05) is 17.7 Å². The van der Waals surface area contributed by atoms with Crippen LogP contribution in [0.25, 0.3) is 0 Å². The summed E-state index contributed by atoms with van der Waals surface area (Å²) in [6.45, 7) is 1.20. The molecule has 0 spiro atoms. The first-order chi connectivity index (χ1) is 14.8. The largest absolute Gasteiger partial charge is 0.495 e. The SMILES string of the molecule is COc1ccc(N=NC(C(C)=O)C(=O)N(Cl)c2cccc(OC)c2OC)c(OC)c1Cl. The molecule has 0 saturated heterocycles. The molecule has 2 rings (SSSR count). The van der Waals surface area contributed by atoms with Crippen molar-refractivity contribution in [2.75, 3.05) is 32.9 Å². The molecule has 0 aromatic heterocycles. The molecule has 2 aromatic rings. The van der Waals surface area contributed by atoms with Gasteiger partial charge in [-0.25, -0.2) is 4.42 Å². The molecule has 0 bridgehead atoms. The summed E-state index contributed by atoms with van der Waals surface area (Å²) in [5, 5.41) is 8.05. The van der Waals surface area contributed by atoms with Crippen LogP contribution < -0.4 is 23.4 Å². The number of anilines is 1. The second kappa shape index (κ2) is 10.8. The standard InChI is InChI=1S/C20H21Cl2N3O6/c1-11(26)17(24-23-12-9-10-14(28-2)16(21)18(12)30-4)20(27)25(22)13-7-6-8-15(29-3)19(13)31-5/h6-10,17H,1-5H3. The minimum Gasteiger partial charge on any atom is -0.495 e. The van der Waals surface area contributed by atoms with E-state index in [0.29, 0.717) is 11.5 Å². The van der Waals surface area contributed by atoms with E-state index in [4.69, 9.17) is 42.3 Å². The molecule has 2 aromatic carbocycles. The van der Waals surface area contributed by atoms with Gasteiger partial charge < -0.3 is 18.9 Å². The molecule has 0 aliphatic carbocycles. The number of halogens is 2. The number of benzene rings is 2. The maximum atomic E-state index is 12.9. The first-order valence-electron chi connectivity index (χ1n) is 8.83. The summed E-state index contributed by atoms with van der Waals surface area (Å²) in [7, 11) is 5.69. The lowest BCUT2D eigenvalue weighted by Crippen LogP contribution is -2.36. The van der Waals surface area contributed by atoms with Crippen molar-refractivity contribution in [1.82, 2.24) is 0 Å². The molecule has 0 saturated carbocycles. The van der Waals surface area contributed by atoms with Crippen molar-refractivity contribution in [3.8, 4) is 23.0 Å². The Morgan fingerprint density at radius 3 is 2.13 bits per heavy atom. The van der Waals surface area contributed by atoms with Crippen LogP contribution in [0.15, 0.2) is 40.6 Å². The number of hydrogen-bond acceptors (Lipinski definition) is 8. The lowest BCUT2D eigenvalue weighted by atomic mass is 10.2. The van der Waals surface area contributed by atoms with E-state index in [2.05, 4.69) is 10.2 Å². The molecule has 0 radical (unpaired) electrons. The number of methoxy groups -OCH3 is 4. The number of amides is 1. The molecule has 0 aliphatic rings. The van der Waals surface area contributed by atoms with Gasteiger partial charge in [0.1, 0.15) is 22.1 Å². The fraction of sp³-hybridized carbons (Fsp3) is 0.300. The average molecular weight is 470 g/mol. The third kappa shape index (κ3) is 5.18. The van der Waals surface area contributed by atoms with Crippen LogP contribution in [-0.4, -0.2) is 46.2 Å². The van der Waals surface area contributed by atoms with Gasteiger partial charge in [-0.2, -0.15) is 10.2 Å². The van der Waals surface area contributed by atoms with Crippen molar-refractivity contribution in [1.29, 1.82) is 0 Å². The smallest absolute Gasteiger partial charge is 0.276 e. The van der Waals surface area contributed by atoms with Crippen LogP contribution in [0, 0.1) is 0 Å². The molecular formula is C20H21Cl2N3O6. The fourth-order valence-corrected chi connectivity index (χ4v) is 3.17. The number of Topliss-reactive ketones (excluding diaryl/α,β-unsaturated/α-hetero) is 1. The highest BCUT2D eigenvalue weighted by molar-refractivity contribution is 6.39. The van der Waals surface area contributed by atoms with Crippen LogP contribution in [0.4, 0.5) is 11.4 Å². The number of rotatable bonds is 9. The Bertz CT molecular complexity index is 999. The molecular weight excluding hydrogens is 449 g/mol. The molecule has 1 amide bonds. The minimum absolute atomic E-state index is 0.173. The number of azo groups is 1. The van der Waals surface area contributed by atoms with Crippen LogP contribution in [-0.2, 0) is 9.59 Å². The minimum atomic E-state index is -1.51. The van der Waals surface area contributed by atoms with Gasteiger partial charge in [0.25, 0.3) is 5.91 Å². The number of carbonyl (C=O) groups excluding carboxylic acids is 2. The quantitative estimate of drug-likeness (QED) is 0.302. The fourth-order valence-electron chi connectivity index (χ4n) is 2.63. The zero-order valence-corrected chi connectivity index (χ0v) is 19.0. The third-order valence-electron chi connectivity index (χ3n) is 4.15. The van der Waals surface area contributed by atoms with Gasteiger partial charge in [0.2, 0.25) is 6.04 Å². The Hall–Kier alpha value is -3.04. The summed E-state index contributed by atoms with van der Waals surface area (Å²) in [5.41, 5.74) is 0.382. The molecule has 31 heavy (non-hydrogen) atoms. The Kier molecular flexibility index (Phi) is 8.47. The summed E-state index contributed by atoms with van der Waals surface area (Å²) in [4.78, 5) is 25.1. The Morgan fingerprint density at radius 2 is 1.58 bits per heavy atom. The number of carbonyl (C=O) groups is 2. The Balaban J connectivity index is 2.41. The van der Waals surface area contributed by atoms with Gasteiger partial charge in [0.15, 0.2) is 23.0 Å². The maximum absolute atomic E-state index is 12.9. The van der Waals surface area contributed by atoms with E-state index < -0.39 is 17.7 Å². The van der Waals surface area contributed by atoms with Crippen molar-refractivity contribution in [2.45, 2.75) is 13.0 Å². The molecule has 0 fully saturated rings. The monoisotopic (exact) mass is 469 g/mol. The van der Waals surface area contributed by atoms with E-state index >= 15 is 0 Å². The first-order valence-corrected chi connectivity index (χ1v) is 9.54. The highest BCUT2D eigenvalue weighted by Crippen LogP contribution is 2.42. The number of hydrogen-bond donors (Lipinski definition) is 0. The van der Waals surface area contributed by atoms with Crippen LogP contribution in [0.2, 0.25) is 5.02 Å². The summed E-state index contributed by atoms with van der Waals surface area (Å²) in [6, 6.07) is 6.36. The molecule has 1 unspecified atom stereocenters. The molecule has 0 aliphatic heterocycles. The highest BCUT2D eigenvalue weighted by Gasteiger charge is 2.31. The van der Waals surface area contributed by atoms with Crippen molar-refractivity contribution >= 4 is 46.4 Å². The maximum Gasteiger partial charge on any atom is 0.276 e. The van der Waals surface area contributed by atoms with Gasteiger partial charge in [0.05, 0.1) is 28.4 Å². The summed E-state index contributed by atoms with van der Waals surface area (Å²) < 4.78 is 21.6. The third-order valence-corrected chi connectivity index (χ3v) is 4.86. The summed E-state index contributed by atoms with van der Waals surface area (Å²) >= 11 is 12.5. The second-order valence-electron chi connectivity index (χ2n) is 5.99. The Morgan fingerprint density at radius 1 is 0.935 bits per heavy atom. The van der Waals surface area contributed by atoms with Crippen molar-refractivity contribution < 1.29 is 28.5 Å². The topological polar surface area (TPSA) is 99.0 Å². The van der Waals surface area contributed by atoms with Gasteiger partial charge >= 0.3 is 0 Å². The normalized spacial score (nSPS) is 11.7. The first kappa shape index (κ1) is 24.2. The molecule has 166 valence electrons. The number of ether oxygens (including phenoxy) is 4. The average Bonchev–Trinajstić information content (AvgIpc) is 2.77. The van der Waals surface area contributed by atoms with Gasteiger partial charge in [-0.15, -0.1) is 0 Å². The molecule has 11 heteroatoms. The number of ketones is 1. The lowest BCUT2D eigenvalue weighted by molar-refractivity contribution is -0.126. The second-order valence-corrected chi connectivity index (χ2v) is 6.71. The van der Waals surface area contributed by atoms with Crippen molar-refractivity contribution in [2.24, 2.45) is 10.2 Å². The van der Waals surface area contributed by atoms with E-state index in [-0.39, 0.29) is 27.9 Å². The van der Waals surface area contributed by atoms with Crippen LogP contribution in [0.3, 0.4) is 0 Å². The zero-order valence-electron chi connectivity index (χ0n) is 17.5. The predicted molar refractivity (Wildman–Crippen MR) is 116 cm³/mol. The molecule has 1 atom stereocenters. The van der Waals surface area contributed by atoms with Gasteiger partial charge in [-0.05, 0) is 31.2 Å².